The molecule has 0 saturated heterocycles. The predicted molar refractivity (Wildman–Crippen MR) is 141 cm³/mol. The highest BCUT2D eigenvalue weighted by Crippen LogP contribution is 2.39. The number of para-hydroxylation sites is 1. The minimum absolute atomic E-state index is 0.272. The van der Waals surface area contributed by atoms with Crippen LogP contribution in [0.5, 0.6) is 11.5 Å². The molecule has 3 heterocycles. The second-order valence-corrected chi connectivity index (χ2v) is 9.54. The Labute approximate surface area is 212 Å². The maximum absolute atomic E-state index is 14.2. The van der Waals surface area contributed by atoms with E-state index in [1.807, 2.05) is 35.7 Å². The van der Waals surface area contributed by atoms with Crippen LogP contribution in [-0.2, 0) is 13.0 Å². The average molecular weight is 498 g/mol. The summed E-state index contributed by atoms with van der Waals surface area (Å²) in [6.45, 7) is 2.50. The fourth-order valence-electron chi connectivity index (χ4n) is 4.53. The number of fused-ring (bicyclic) bond motifs is 2. The lowest BCUT2D eigenvalue weighted by molar-refractivity contribution is 0.217. The van der Waals surface area contributed by atoms with Gasteiger partial charge in [0.05, 0.1) is 4.70 Å². The van der Waals surface area contributed by atoms with Gasteiger partial charge in [0.25, 0.3) is 0 Å². The molecule has 5 nitrogen and oxygen atoms in total. The number of nitrogens with zero attached hydrogens (tertiary/aromatic N) is 2. The second-order valence-electron chi connectivity index (χ2n) is 8.62. The van der Waals surface area contributed by atoms with E-state index >= 15 is 0 Å². The maximum Gasteiger partial charge on any atom is 0.131 e. The highest BCUT2D eigenvalue weighted by Gasteiger charge is 2.19. The zero-order chi connectivity index (χ0) is 24.3. The van der Waals surface area contributed by atoms with Crippen molar-refractivity contribution in [2.75, 3.05) is 19.8 Å². The average Bonchev–Trinajstić information content (AvgIpc) is 3.42. The Hall–Kier alpha value is -3.81. The molecule has 5 aromatic rings. The predicted octanol–water partition coefficient (Wildman–Crippen LogP) is 6.27. The normalized spacial score (nSPS) is 12.9. The number of thiophene rings is 1. The number of nitrogens with one attached hydrogen (secondary N) is 1. The molecule has 3 aromatic carbocycles. The SMILES string of the molecule is Fc1ccc(-c2nnc(-c3ccc4c(c3)CCNC4)c3ccsc23)c(OCCOc2ccccc2)c1. The molecule has 1 aliphatic rings. The lowest BCUT2D eigenvalue weighted by Gasteiger charge is -2.18. The monoisotopic (exact) mass is 497 g/mol. The third kappa shape index (κ3) is 4.55. The van der Waals surface area contributed by atoms with Gasteiger partial charge < -0.3 is 14.8 Å². The summed E-state index contributed by atoms with van der Waals surface area (Å²) >= 11 is 1.60. The summed E-state index contributed by atoms with van der Waals surface area (Å²) in [5, 5.41) is 15.7. The van der Waals surface area contributed by atoms with E-state index in [-0.39, 0.29) is 12.4 Å². The van der Waals surface area contributed by atoms with Crippen molar-refractivity contribution in [3.63, 3.8) is 0 Å². The molecule has 0 spiro atoms. The van der Waals surface area contributed by atoms with Crippen LogP contribution in [0.4, 0.5) is 4.39 Å². The van der Waals surface area contributed by atoms with Crippen LogP contribution >= 0.6 is 11.3 Å². The first kappa shape index (κ1) is 22.6. The Morgan fingerprint density at radius 3 is 2.64 bits per heavy atom. The van der Waals surface area contributed by atoms with Crippen LogP contribution in [0.15, 0.2) is 78.2 Å². The summed E-state index contributed by atoms with van der Waals surface area (Å²) in [4.78, 5) is 0. The number of benzene rings is 3. The third-order valence-corrected chi connectivity index (χ3v) is 7.22. The number of hydrogen-bond donors (Lipinski definition) is 1. The molecule has 2 aromatic heterocycles. The van der Waals surface area contributed by atoms with Crippen molar-refractivity contribution in [3.05, 3.63) is 95.1 Å². The minimum atomic E-state index is -0.367. The van der Waals surface area contributed by atoms with E-state index in [0.29, 0.717) is 23.6 Å². The maximum atomic E-state index is 14.2. The highest BCUT2D eigenvalue weighted by molar-refractivity contribution is 7.17. The first-order valence-corrected chi connectivity index (χ1v) is 12.8. The van der Waals surface area contributed by atoms with Crippen LogP contribution < -0.4 is 14.8 Å². The first-order valence-electron chi connectivity index (χ1n) is 11.9. The van der Waals surface area contributed by atoms with Crippen molar-refractivity contribution in [1.29, 1.82) is 0 Å². The summed E-state index contributed by atoms with van der Waals surface area (Å²) in [6.07, 6.45) is 1.01. The van der Waals surface area contributed by atoms with Gasteiger partial charge in [0.2, 0.25) is 0 Å². The molecule has 0 aliphatic carbocycles. The standard InChI is InChI=1S/C29H24FN3O2S/c30-22-8-9-24(26(17-22)35-14-13-34-23-4-2-1-3-5-23)28-29-25(11-15-36-29)27(32-33-28)20-6-7-21-18-31-12-10-19(21)16-20/h1-9,11,15-17,31H,10,12-14,18H2. The molecule has 0 atom stereocenters. The summed E-state index contributed by atoms with van der Waals surface area (Å²) in [6, 6.07) is 22.7. The molecular weight excluding hydrogens is 473 g/mol. The largest absolute Gasteiger partial charge is 0.490 e. The fraction of sp³-hybridized carbons (Fsp3) is 0.172. The molecule has 0 unspecified atom stereocenters. The molecule has 0 bridgehead atoms. The van der Waals surface area contributed by atoms with Gasteiger partial charge in [-0.1, -0.05) is 30.3 Å². The van der Waals surface area contributed by atoms with E-state index in [1.165, 1.54) is 23.3 Å². The Bertz CT molecular complexity index is 1520. The summed E-state index contributed by atoms with van der Waals surface area (Å²) in [5.41, 5.74) is 6.00. The van der Waals surface area contributed by atoms with E-state index in [4.69, 9.17) is 9.47 Å². The summed E-state index contributed by atoms with van der Waals surface area (Å²) in [5.74, 6) is 0.818. The van der Waals surface area contributed by atoms with Gasteiger partial charge in [0.1, 0.15) is 41.9 Å². The van der Waals surface area contributed by atoms with Gasteiger partial charge in [0, 0.05) is 29.1 Å². The third-order valence-electron chi connectivity index (χ3n) is 6.30. The molecule has 0 fully saturated rings. The van der Waals surface area contributed by atoms with Gasteiger partial charge in [0.15, 0.2) is 0 Å². The van der Waals surface area contributed by atoms with E-state index in [9.17, 15) is 4.39 Å². The molecular formula is C29H24FN3O2S. The van der Waals surface area contributed by atoms with E-state index in [2.05, 4.69) is 39.8 Å². The Morgan fingerprint density at radius 1 is 0.861 bits per heavy atom. The first-order chi connectivity index (χ1) is 17.8. The van der Waals surface area contributed by atoms with Gasteiger partial charge >= 0.3 is 0 Å². The Balaban J connectivity index is 1.30. The zero-order valence-corrected chi connectivity index (χ0v) is 20.4. The molecule has 1 N–H and O–H groups in total. The number of rotatable bonds is 7. The molecule has 0 amide bonds. The Kier molecular flexibility index (Phi) is 6.32. The highest BCUT2D eigenvalue weighted by atomic mass is 32.1. The van der Waals surface area contributed by atoms with Crippen molar-refractivity contribution in [3.8, 4) is 34.0 Å². The van der Waals surface area contributed by atoms with Crippen molar-refractivity contribution in [1.82, 2.24) is 15.5 Å². The van der Waals surface area contributed by atoms with Crippen molar-refractivity contribution in [2.45, 2.75) is 13.0 Å². The van der Waals surface area contributed by atoms with E-state index in [0.717, 1.165) is 46.6 Å². The molecule has 0 saturated carbocycles. The van der Waals surface area contributed by atoms with Crippen LogP contribution in [0.3, 0.4) is 0 Å². The molecule has 0 radical (unpaired) electrons. The quantitative estimate of drug-likeness (QED) is 0.269. The van der Waals surface area contributed by atoms with Gasteiger partial charge in [-0.3, -0.25) is 0 Å². The summed E-state index contributed by atoms with van der Waals surface area (Å²) < 4.78 is 26.8. The number of aromatic nitrogens is 2. The molecule has 1 aliphatic heterocycles. The van der Waals surface area contributed by atoms with Crippen LogP contribution in [0.2, 0.25) is 0 Å². The van der Waals surface area contributed by atoms with Gasteiger partial charge in [-0.05, 0) is 65.9 Å². The number of hydrogen-bond acceptors (Lipinski definition) is 6. The number of halogens is 1. The number of ether oxygens (including phenoxy) is 2. The van der Waals surface area contributed by atoms with Crippen molar-refractivity contribution >= 4 is 21.4 Å². The van der Waals surface area contributed by atoms with Gasteiger partial charge in [-0.2, -0.15) is 0 Å². The van der Waals surface area contributed by atoms with Crippen LogP contribution in [0.1, 0.15) is 11.1 Å². The molecule has 180 valence electrons. The molecule has 6 rings (SSSR count). The van der Waals surface area contributed by atoms with Crippen molar-refractivity contribution < 1.29 is 13.9 Å². The Morgan fingerprint density at radius 2 is 1.72 bits per heavy atom. The van der Waals surface area contributed by atoms with Crippen LogP contribution in [-0.4, -0.2) is 30.0 Å². The molecule has 36 heavy (non-hydrogen) atoms. The topological polar surface area (TPSA) is 56.3 Å². The van der Waals surface area contributed by atoms with Gasteiger partial charge in [-0.25, -0.2) is 4.39 Å². The fourth-order valence-corrected chi connectivity index (χ4v) is 5.43. The van der Waals surface area contributed by atoms with E-state index in [1.54, 1.807) is 17.4 Å². The van der Waals surface area contributed by atoms with Crippen LogP contribution in [0, 0.1) is 5.82 Å². The molecule has 7 heteroatoms. The smallest absolute Gasteiger partial charge is 0.131 e. The second kappa shape index (κ2) is 10.0. The van der Waals surface area contributed by atoms with Crippen LogP contribution in [0.25, 0.3) is 32.6 Å². The zero-order valence-electron chi connectivity index (χ0n) is 19.5. The van der Waals surface area contributed by atoms with Crippen molar-refractivity contribution in [2.24, 2.45) is 0 Å². The summed E-state index contributed by atoms with van der Waals surface area (Å²) in [7, 11) is 0. The lowest BCUT2D eigenvalue weighted by atomic mass is 9.96. The lowest BCUT2D eigenvalue weighted by Crippen LogP contribution is -2.23. The van der Waals surface area contributed by atoms with Gasteiger partial charge in [-0.15, -0.1) is 21.5 Å². The van der Waals surface area contributed by atoms with E-state index < -0.39 is 0 Å². The minimum Gasteiger partial charge on any atom is -0.490 e.